The van der Waals surface area contributed by atoms with Gasteiger partial charge in [-0.15, -0.1) is 0 Å². The van der Waals surface area contributed by atoms with Crippen molar-refractivity contribution >= 4 is 39.3 Å². The Hall–Kier alpha value is -0.400. The van der Waals surface area contributed by atoms with Gasteiger partial charge in [-0.05, 0) is 10.8 Å². The SMILES string of the molecule is COC(=O)CS(=O)(=O)C=C1SC=CS1. The predicted molar refractivity (Wildman–Crippen MR) is 58.2 cm³/mol. The van der Waals surface area contributed by atoms with E-state index < -0.39 is 21.6 Å². The molecule has 0 N–H and O–H groups in total. The van der Waals surface area contributed by atoms with E-state index >= 15 is 0 Å². The second kappa shape index (κ2) is 4.90. The molecule has 78 valence electrons. The van der Waals surface area contributed by atoms with Gasteiger partial charge in [0.1, 0.15) is 0 Å². The van der Waals surface area contributed by atoms with Gasteiger partial charge in [0.15, 0.2) is 15.6 Å². The number of methoxy groups -OCH3 is 1. The first-order valence-electron chi connectivity index (χ1n) is 3.53. The van der Waals surface area contributed by atoms with Crippen molar-refractivity contribution in [2.45, 2.75) is 0 Å². The lowest BCUT2D eigenvalue weighted by Crippen LogP contribution is -2.15. The van der Waals surface area contributed by atoms with Crippen LogP contribution in [-0.2, 0) is 19.4 Å². The first kappa shape index (κ1) is 11.7. The minimum atomic E-state index is -3.49. The highest BCUT2D eigenvalue weighted by Gasteiger charge is 2.16. The lowest BCUT2D eigenvalue weighted by Gasteiger charge is -1.98. The third-order valence-electron chi connectivity index (χ3n) is 1.25. The van der Waals surface area contributed by atoms with Gasteiger partial charge in [-0.1, -0.05) is 23.5 Å². The molecule has 1 rings (SSSR count). The normalized spacial score (nSPS) is 15.6. The molecule has 0 atom stereocenters. The summed E-state index contributed by atoms with van der Waals surface area (Å²) in [6, 6.07) is 0. The number of hydrogen-bond acceptors (Lipinski definition) is 6. The van der Waals surface area contributed by atoms with Crippen LogP contribution in [0.5, 0.6) is 0 Å². The second-order valence-corrected chi connectivity index (χ2v) is 6.33. The molecule has 0 saturated heterocycles. The summed E-state index contributed by atoms with van der Waals surface area (Å²) in [6.45, 7) is 0. The average Bonchev–Trinajstić information content (AvgIpc) is 2.54. The van der Waals surface area contributed by atoms with Crippen molar-refractivity contribution in [1.82, 2.24) is 0 Å². The van der Waals surface area contributed by atoms with Crippen LogP contribution in [0.1, 0.15) is 0 Å². The largest absolute Gasteiger partial charge is 0.468 e. The minimum Gasteiger partial charge on any atom is -0.468 e. The van der Waals surface area contributed by atoms with Gasteiger partial charge in [-0.2, -0.15) is 0 Å². The monoisotopic (exact) mass is 252 g/mol. The molecule has 1 aliphatic rings. The Morgan fingerprint density at radius 3 is 2.57 bits per heavy atom. The molecule has 0 aliphatic carbocycles. The van der Waals surface area contributed by atoms with Crippen LogP contribution in [-0.4, -0.2) is 27.2 Å². The summed E-state index contributed by atoms with van der Waals surface area (Å²) in [4.78, 5) is 10.7. The minimum absolute atomic E-state index is 0.603. The molecule has 14 heavy (non-hydrogen) atoms. The van der Waals surface area contributed by atoms with Crippen LogP contribution in [0.4, 0.5) is 0 Å². The van der Waals surface area contributed by atoms with Gasteiger partial charge in [-0.3, -0.25) is 4.79 Å². The van der Waals surface area contributed by atoms with Gasteiger partial charge in [0.2, 0.25) is 0 Å². The number of carbonyl (C=O) groups excluding carboxylic acids is 1. The number of ether oxygens (including phenoxy) is 1. The van der Waals surface area contributed by atoms with Crippen LogP contribution in [0, 0.1) is 0 Å². The topological polar surface area (TPSA) is 60.4 Å². The van der Waals surface area contributed by atoms with Crippen LogP contribution in [0.25, 0.3) is 0 Å². The Labute approximate surface area is 90.7 Å². The van der Waals surface area contributed by atoms with E-state index in [0.717, 1.165) is 12.5 Å². The third kappa shape index (κ3) is 3.77. The fraction of sp³-hybridized carbons (Fsp3) is 0.286. The van der Waals surface area contributed by atoms with Crippen molar-refractivity contribution in [2.75, 3.05) is 12.9 Å². The smallest absolute Gasteiger partial charge is 0.321 e. The quantitative estimate of drug-likeness (QED) is 0.706. The zero-order valence-electron chi connectivity index (χ0n) is 7.30. The zero-order valence-corrected chi connectivity index (χ0v) is 9.75. The van der Waals surface area contributed by atoms with Crippen LogP contribution >= 0.6 is 23.5 Å². The molecule has 7 heteroatoms. The molecule has 1 heterocycles. The van der Waals surface area contributed by atoms with E-state index in [-0.39, 0.29) is 0 Å². The molecule has 1 aliphatic heterocycles. The Kier molecular flexibility index (Phi) is 4.09. The predicted octanol–water partition coefficient (Wildman–Crippen LogP) is 1.32. The summed E-state index contributed by atoms with van der Waals surface area (Å²) in [6.07, 6.45) is 0. The molecule has 0 saturated carbocycles. The molecule has 4 nitrogen and oxygen atoms in total. The number of hydrogen-bond donors (Lipinski definition) is 0. The van der Waals surface area contributed by atoms with Crippen molar-refractivity contribution in [3.63, 3.8) is 0 Å². The van der Waals surface area contributed by atoms with E-state index in [2.05, 4.69) is 4.74 Å². The Balaban J connectivity index is 2.67. The lowest BCUT2D eigenvalue weighted by atomic mass is 10.8. The fourth-order valence-electron chi connectivity index (χ4n) is 0.684. The van der Waals surface area contributed by atoms with Crippen LogP contribution in [0.15, 0.2) is 20.5 Å². The highest BCUT2D eigenvalue weighted by molar-refractivity contribution is 8.28. The van der Waals surface area contributed by atoms with Gasteiger partial charge in [-0.25, -0.2) is 8.42 Å². The van der Waals surface area contributed by atoms with Crippen molar-refractivity contribution in [1.29, 1.82) is 0 Å². The molecule has 0 unspecified atom stereocenters. The molecule has 0 fully saturated rings. The summed E-state index contributed by atoms with van der Waals surface area (Å²) in [5.74, 6) is -1.35. The molecule has 0 bridgehead atoms. The zero-order chi connectivity index (χ0) is 10.6. The highest BCUT2D eigenvalue weighted by Crippen LogP contribution is 2.37. The molecule has 0 amide bonds. The van der Waals surface area contributed by atoms with Crippen LogP contribution in [0.2, 0.25) is 0 Å². The Morgan fingerprint density at radius 2 is 2.07 bits per heavy atom. The summed E-state index contributed by atoms with van der Waals surface area (Å²) in [7, 11) is -2.34. The lowest BCUT2D eigenvalue weighted by molar-refractivity contribution is -0.137. The van der Waals surface area contributed by atoms with E-state index in [1.165, 1.54) is 23.5 Å². The number of sulfone groups is 1. The van der Waals surface area contributed by atoms with Crippen molar-refractivity contribution in [2.24, 2.45) is 0 Å². The van der Waals surface area contributed by atoms with E-state index in [0.29, 0.717) is 4.24 Å². The average molecular weight is 252 g/mol. The third-order valence-corrected chi connectivity index (χ3v) is 4.77. The second-order valence-electron chi connectivity index (χ2n) is 2.33. The number of rotatable bonds is 3. The van der Waals surface area contributed by atoms with Crippen molar-refractivity contribution < 1.29 is 17.9 Å². The summed E-state index contributed by atoms with van der Waals surface area (Å²) in [5.41, 5.74) is 0. The first-order chi connectivity index (χ1) is 6.53. The van der Waals surface area contributed by atoms with Crippen molar-refractivity contribution in [3.8, 4) is 0 Å². The summed E-state index contributed by atoms with van der Waals surface area (Å²) >= 11 is 2.63. The maximum Gasteiger partial charge on any atom is 0.321 e. The molecular formula is C7H8O4S3. The molecule has 0 radical (unpaired) electrons. The standard InChI is InChI=1S/C7H8O4S3/c1-11-6(8)4-14(9,10)5-7-12-2-3-13-7/h2-3,5H,4H2,1H3. The van der Waals surface area contributed by atoms with Gasteiger partial charge in [0.25, 0.3) is 0 Å². The van der Waals surface area contributed by atoms with Gasteiger partial charge >= 0.3 is 5.97 Å². The van der Waals surface area contributed by atoms with Gasteiger partial charge < -0.3 is 4.74 Å². The molecule has 0 aromatic rings. The maximum atomic E-state index is 11.3. The summed E-state index contributed by atoms with van der Waals surface area (Å²) < 4.78 is 27.6. The van der Waals surface area contributed by atoms with Crippen LogP contribution in [0.3, 0.4) is 0 Å². The highest BCUT2D eigenvalue weighted by atomic mass is 32.2. The molecule has 0 aromatic heterocycles. The van der Waals surface area contributed by atoms with Crippen molar-refractivity contribution in [3.05, 3.63) is 20.5 Å². The number of esters is 1. The van der Waals surface area contributed by atoms with Gasteiger partial charge in [0.05, 0.1) is 16.8 Å². The fourth-order valence-corrected chi connectivity index (χ4v) is 4.10. The van der Waals surface area contributed by atoms with Crippen LogP contribution < -0.4 is 0 Å². The number of carbonyl (C=O) groups is 1. The van der Waals surface area contributed by atoms with E-state index in [1.54, 1.807) is 10.8 Å². The van der Waals surface area contributed by atoms with E-state index in [1.807, 2.05) is 0 Å². The Morgan fingerprint density at radius 1 is 1.50 bits per heavy atom. The first-order valence-corrected chi connectivity index (χ1v) is 7.00. The number of thioether (sulfide) groups is 2. The Bertz CT molecular complexity index is 370. The maximum absolute atomic E-state index is 11.3. The molecular weight excluding hydrogens is 244 g/mol. The van der Waals surface area contributed by atoms with Gasteiger partial charge in [0, 0.05) is 0 Å². The molecule has 0 aromatic carbocycles. The van der Waals surface area contributed by atoms with E-state index in [4.69, 9.17) is 0 Å². The van der Waals surface area contributed by atoms with E-state index in [9.17, 15) is 13.2 Å². The summed E-state index contributed by atoms with van der Waals surface area (Å²) in [5, 5.41) is 4.66. The molecule has 0 spiro atoms.